The lowest BCUT2D eigenvalue weighted by Crippen LogP contribution is -2.44. The van der Waals surface area contributed by atoms with Gasteiger partial charge in [-0.05, 0) is 66.1 Å². The number of benzene rings is 2. The first-order valence-corrected chi connectivity index (χ1v) is 15.6. The summed E-state index contributed by atoms with van der Waals surface area (Å²) in [6, 6.07) is 18.7. The van der Waals surface area contributed by atoms with Crippen molar-refractivity contribution in [2.75, 3.05) is 37.5 Å². The largest absolute Gasteiger partial charge is 0.493 e. The molecule has 9 heteroatoms. The van der Waals surface area contributed by atoms with Gasteiger partial charge in [-0.15, -0.1) is 0 Å². The summed E-state index contributed by atoms with van der Waals surface area (Å²) in [5.74, 6) is 0.693. The number of ether oxygens (including phenoxy) is 2. The molecule has 8 nitrogen and oxygen atoms in total. The number of aromatic nitrogens is 1. The fraction of sp³-hybridized carbons (Fsp3) is 0.419. The molecule has 0 unspecified atom stereocenters. The van der Waals surface area contributed by atoms with Crippen molar-refractivity contribution < 1.29 is 22.7 Å². The van der Waals surface area contributed by atoms with E-state index in [4.69, 9.17) is 9.47 Å². The quantitative estimate of drug-likeness (QED) is 0.296. The standard InChI is InChI=1S/C31H39N3O5S/c1-3-4-21-40(36,37)33-30(31(35)38-2)22-26-7-5-6-8-29(26)25-9-11-28(12-10-25)39-23-24-15-19-34(20-16-24)27-13-17-32-18-14-27/h5-14,17-18,24,30,33H,3-4,15-16,19-23H2,1-2H3/t30-/m1/s1. The van der Waals surface area contributed by atoms with Crippen molar-refractivity contribution in [3.05, 3.63) is 78.6 Å². The Balaban J connectivity index is 1.37. The van der Waals surface area contributed by atoms with Gasteiger partial charge in [0.2, 0.25) is 10.0 Å². The first kappa shape index (κ1) is 29.6. The highest BCUT2D eigenvalue weighted by atomic mass is 32.2. The van der Waals surface area contributed by atoms with E-state index < -0.39 is 22.0 Å². The zero-order chi connectivity index (χ0) is 28.4. The first-order valence-electron chi connectivity index (χ1n) is 13.9. The second-order valence-corrected chi connectivity index (χ2v) is 12.1. The maximum absolute atomic E-state index is 12.5. The number of nitrogens with zero attached hydrogens (tertiary/aromatic N) is 2. The van der Waals surface area contributed by atoms with Crippen molar-refractivity contribution in [1.82, 2.24) is 9.71 Å². The summed E-state index contributed by atoms with van der Waals surface area (Å²) < 4.78 is 38.6. The van der Waals surface area contributed by atoms with E-state index in [1.807, 2.05) is 67.8 Å². The van der Waals surface area contributed by atoms with Crippen molar-refractivity contribution in [3.8, 4) is 16.9 Å². The first-order chi connectivity index (χ1) is 19.4. The van der Waals surface area contributed by atoms with Crippen LogP contribution in [0.3, 0.4) is 0 Å². The van der Waals surface area contributed by atoms with Crippen molar-refractivity contribution >= 4 is 21.7 Å². The van der Waals surface area contributed by atoms with Crippen molar-refractivity contribution in [1.29, 1.82) is 0 Å². The number of hydrogen-bond donors (Lipinski definition) is 1. The molecule has 2 heterocycles. The second kappa shape index (κ2) is 14.3. The van der Waals surface area contributed by atoms with Gasteiger partial charge in [-0.2, -0.15) is 0 Å². The predicted octanol–water partition coefficient (Wildman–Crippen LogP) is 4.85. The Morgan fingerprint density at radius 2 is 1.75 bits per heavy atom. The summed E-state index contributed by atoms with van der Waals surface area (Å²) in [6.45, 7) is 4.62. The molecule has 4 rings (SSSR count). The van der Waals surface area contributed by atoms with E-state index in [2.05, 4.69) is 26.7 Å². The van der Waals surface area contributed by atoms with Gasteiger partial charge in [0.15, 0.2) is 0 Å². The lowest BCUT2D eigenvalue weighted by molar-refractivity contribution is -0.142. The van der Waals surface area contributed by atoms with Gasteiger partial charge < -0.3 is 14.4 Å². The molecule has 40 heavy (non-hydrogen) atoms. The minimum atomic E-state index is -3.61. The van der Waals surface area contributed by atoms with Crippen LogP contribution in [0.2, 0.25) is 0 Å². The number of methoxy groups -OCH3 is 1. The third-order valence-corrected chi connectivity index (χ3v) is 8.78. The highest BCUT2D eigenvalue weighted by Gasteiger charge is 2.26. The molecule has 0 spiro atoms. The number of pyridine rings is 1. The van der Waals surface area contributed by atoms with E-state index in [9.17, 15) is 13.2 Å². The zero-order valence-electron chi connectivity index (χ0n) is 23.3. The molecule has 0 amide bonds. The third-order valence-electron chi connectivity index (χ3n) is 7.31. The number of nitrogens with one attached hydrogen (secondary N) is 1. The van der Waals surface area contributed by atoms with Crippen LogP contribution >= 0.6 is 0 Å². The van der Waals surface area contributed by atoms with Crippen LogP contribution in [-0.2, 0) is 26.0 Å². The average Bonchev–Trinajstić information content (AvgIpc) is 2.99. The van der Waals surface area contributed by atoms with E-state index in [-0.39, 0.29) is 12.2 Å². The molecule has 1 aliphatic heterocycles. The van der Waals surface area contributed by atoms with Crippen LogP contribution in [0.15, 0.2) is 73.1 Å². The molecule has 1 saturated heterocycles. The minimum absolute atomic E-state index is 0.0239. The van der Waals surface area contributed by atoms with Crippen LogP contribution in [0.25, 0.3) is 11.1 Å². The number of hydrogen-bond acceptors (Lipinski definition) is 7. The van der Waals surface area contributed by atoms with E-state index >= 15 is 0 Å². The monoisotopic (exact) mass is 565 g/mol. The van der Waals surface area contributed by atoms with Crippen LogP contribution in [-0.4, -0.2) is 58.0 Å². The molecule has 1 aromatic heterocycles. The molecule has 1 atom stereocenters. The van der Waals surface area contributed by atoms with Gasteiger partial charge in [-0.3, -0.25) is 9.78 Å². The second-order valence-electron chi connectivity index (χ2n) is 10.2. The van der Waals surface area contributed by atoms with E-state index in [0.29, 0.717) is 18.9 Å². The van der Waals surface area contributed by atoms with Crippen LogP contribution in [0.4, 0.5) is 5.69 Å². The number of carbonyl (C=O) groups excluding carboxylic acids is 1. The molecular weight excluding hydrogens is 526 g/mol. The molecule has 1 aliphatic rings. The summed E-state index contributed by atoms with van der Waals surface area (Å²) in [7, 11) is -2.34. The topological polar surface area (TPSA) is 97.8 Å². The van der Waals surface area contributed by atoms with Gasteiger partial charge >= 0.3 is 5.97 Å². The van der Waals surface area contributed by atoms with E-state index in [0.717, 1.165) is 54.8 Å². The summed E-state index contributed by atoms with van der Waals surface area (Å²) >= 11 is 0. The van der Waals surface area contributed by atoms with E-state index in [1.54, 1.807) is 0 Å². The molecule has 3 aromatic rings. The molecule has 1 N–H and O–H groups in total. The van der Waals surface area contributed by atoms with Crippen LogP contribution in [0.5, 0.6) is 5.75 Å². The fourth-order valence-electron chi connectivity index (χ4n) is 4.98. The number of anilines is 1. The van der Waals surface area contributed by atoms with Crippen molar-refractivity contribution in [2.45, 2.75) is 45.1 Å². The Hall–Kier alpha value is -3.43. The highest BCUT2D eigenvalue weighted by Crippen LogP contribution is 2.28. The van der Waals surface area contributed by atoms with Crippen molar-refractivity contribution in [2.24, 2.45) is 5.92 Å². The number of unbranched alkanes of at least 4 members (excludes halogenated alkanes) is 1. The van der Waals surface area contributed by atoms with E-state index in [1.165, 1.54) is 12.8 Å². The summed E-state index contributed by atoms with van der Waals surface area (Å²) in [5, 5.41) is 0. The van der Waals surface area contributed by atoms with Gasteiger partial charge in [-0.1, -0.05) is 49.7 Å². The molecular formula is C31H39N3O5S. The number of rotatable bonds is 13. The zero-order valence-corrected chi connectivity index (χ0v) is 24.1. The average molecular weight is 566 g/mol. The van der Waals surface area contributed by atoms with Gasteiger partial charge in [0.25, 0.3) is 0 Å². The van der Waals surface area contributed by atoms with Gasteiger partial charge in [0.1, 0.15) is 11.8 Å². The van der Waals surface area contributed by atoms with Gasteiger partial charge in [-0.25, -0.2) is 13.1 Å². The predicted molar refractivity (Wildman–Crippen MR) is 158 cm³/mol. The maximum atomic E-state index is 12.5. The minimum Gasteiger partial charge on any atom is -0.493 e. The Kier molecular flexibility index (Phi) is 10.5. The number of carbonyl (C=O) groups is 1. The van der Waals surface area contributed by atoms with Crippen LogP contribution in [0.1, 0.15) is 38.2 Å². The summed E-state index contributed by atoms with van der Waals surface area (Å²) in [6.07, 6.45) is 7.29. The van der Waals surface area contributed by atoms with Crippen molar-refractivity contribution in [3.63, 3.8) is 0 Å². The number of esters is 1. The summed E-state index contributed by atoms with van der Waals surface area (Å²) in [4.78, 5) is 19.0. The SMILES string of the molecule is CCCCS(=O)(=O)N[C@H](Cc1ccccc1-c1ccc(OCC2CCN(c3ccncc3)CC2)cc1)C(=O)OC. The van der Waals surface area contributed by atoms with Crippen LogP contribution in [0, 0.1) is 5.92 Å². The Morgan fingerprint density at radius 1 is 1.05 bits per heavy atom. The summed E-state index contributed by atoms with van der Waals surface area (Å²) in [5.41, 5.74) is 3.97. The number of piperidine rings is 1. The molecule has 1 fully saturated rings. The van der Waals surface area contributed by atoms with Gasteiger partial charge in [0.05, 0.1) is 19.5 Å². The number of sulfonamides is 1. The molecule has 2 aromatic carbocycles. The smallest absolute Gasteiger partial charge is 0.324 e. The Bertz CT molecular complexity index is 1320. The Labute approximate surface area is 237 Å². The molecule has 214 valence electrons. The highest BCUT2D eigenvalue weighted by molar-refractivity contribution is 7.89. The molecule has 0 saturated carbocycles. The Morgan fingerprint density at radius 3 is 2.42 bits per heavy atom. The lowest BCUT2D eigenvalue weighted by Gasteiger charge is -2.33. The normalized spacial score (nSPS) is 15.0. The van der Waals surface area contributed by atoms with Gasteiger partial charge in [0, 0.05) is 37.6 Å². The molecule has 0 radical (unpaired) electrons. The molecule has 0 aliphatic carbocycles. The lowest BCUT2D eigenvalue weighted by atomic mass is 9.95. The maximum Gasteiger partial charge on any atom is 0.324 e. The molecule has 0 bridgehead atoms. The third kappa shape index (κ3) is 8.29. The van der Waals surface area contributed by atoms with Crippen LogP contribution < -0.4 is 14.4 Å². The fourth-order valence-corrected chi connectivity index (χ4v) is 6.38.